The van der Waals surface area contributed by atoms with E-state index in [-0.39, 0.29) is 5.75 Å². The SMILES string of the molecule is C#C[C@]1(O)[C@H](n2ccc(=O)[nH]c2=O)O[C@](F)(CO[P+](=O)Oc2ccccc2)[C@H]1O. The van der Waals surface area contributed by atoms with Crippen molar-refractivity contribution in [3.63, 3.8) is 0 Å². The summed E-state index contributed by atoms with van der Waals surface area (Å²) in [5.41, 5.74) is -4.52. The zero-order chi connectivity index (χ0) is 21.2. The van der Waals surface area contributed by atoms with Gasteiger partial charge in [-0.15, -0.1) is 10.9 Å². The van der Waals surface area contributed by atoms with Crippen LogP contribution in [0.5, 0.6) is 5.75 Å². The van der Waals surface area contributed by atoms with Gasteiger partial charge in [-0.05, 0) is 12.1 Å². The Morgan fingerprint density at radius 3 is 2.66 bits per heavy atom. The van der Waals surface area contributed by atoms with Gasteiger partial charge in [-0.1, -0.05) is 24.1 Å². The van der Waals surface area contributed by atoms with E-state index in [1.807, 2.05) is 4.98 Å². The van der Waals surface area contributed by atoms with E-state index in [1.54, 1.807) is 24.1 Å². The quantitative estimate of drug-likeness (QED) is 0.441. The normalized spacial score (nSPS) is 29.2. The molecule has 1 aromatic carbocycles. The van der Waals surface area contributed by atoms with Crippen LogP contribution in [0.3, 0.4) is 0 Å². The lowest BCUT2D eigenvalue weighted by Crippen LogP contribution is -2.51. The standard InChI is InChI=1S/C17H14FN2O8P/c1-2-16(24)13(22)17(18,10-26-29(25)28-11-6-4-3-5-7-11)27-14(16)20-9-8-12(21)19-15(20)23/h1,3-9,13-14,22,24H,10H2/p+1/t13-,14+,16+,17+/m0/s1. The molecule has 29 heavy (non-hydrogen) atoms. The lowest BCUT2D eigenvalue weighted by molar-refractivity contribution is -0.203. The van der Waals surface area contributed by atoms with Gasteiger partial charge in [-0.3, -0.25) is 14.3 Å². The van der Waals surface area contributed by atoms with Crippen LogP contribution in [0.15, 0.2) is 52.2 Å². The number of hydrogen-bond acceptors (Lipinski definition) is 8. The number of benzene rings is 1. The van der Waals surface area contributed by atoms with Crippen LogP contribution >= 0.6 is 8.25 Å². The highest BCUT2D eigenvalue weighted by atomic mass is 31.1. The third kappa shape index (κ3) is 3.98. The number of aliphatic hydroxyl groups excluding tert-OH is 1. The maximum Gasteiger partial charge on any atom is 0.750 e. The molecule has 3 N–H and O–H groups in total. The van der Waals surface area contributed by atoms with Gasteiger partial charge in [-0.2, -0.15) is 0 Å². The molecule has 0 spiro atoms. The van der Waals surface area contributed by atoms with E-state index in [9.17, 15) is 24.4 Å². The van der Waals surface area contributed by atoms with Gasteiger partial charge in [0.15, 0.2) is 24.7 Å². The van der Waals surface area contributed by atoms with Gasteiger partial charge in [0.05, 0.1) is 0 Å². The fourth-order valence-corrected chi connectivity index (χ4v) is 3.31. The molecule has 1 saturated heterocycles. The summed E-state index contributed by atoms with van der Waals surface area (Å²) in [7, 11) is -2.87. The number of hydrogen-bond donors (Lipinski definition) is 3. The first-order valence-electron chi connectivity index (χ1n) is 8.09. The minimum absolute atomic E-state index is 0.187. The summed E-state index contributed by atoms with van der Waals surface area (Å²) in [4.78, 5) is 25.1. The predicted molar refractivity (Wildman–Crippen MR) is 95.7 cm³/mol. The number of para-hydroxylation sites is 1. The topological polar surface area (TPSA) is 140 Å². The molecule has 0 radical (unpaired) electrons. The van der Waals surface area contributed by atoms with Crippen LogP contribution in [0.25, 0.3) is 0 Å². The number of terminal acetylenes is 1. The number of ether oxygens (including phenoxy) is 1. The number of aliphatic hydroxyl groups is 2. The number of rotatable bonds is 6. The van der Waals surface area contributed by atoms with Crippen LogP contribution in [0.1, 0.15) is 6.23 Å². The minimum Gasteiger partial charge on any atom is -0.383 e. The fourth-order valence-electron chi connectivity index (χ4n) is 2.68. The Balaban J connectivity index is 1.80. The second kappa shape index (κ2) is 7.87. The Bertz CT molecular complexity index is 1070. The van der Waals surface area contributed by atoms with Crippen LogP contribution in [-0.4, -0.2) is 43.9 Å². The van der Waals surface area contributed by atoms with Gasteiger partial charge < -0.3 is 14.9 Å². The summed E-state index contributed by atoms with van der Waals surface area (Å²) in [6.45, 7) is -1.14. The van der Waals surface area contributed by atoms with E-state index in [2.05, 4.69) is 0 Å². The van der Waals surface area contributed by atoms with Gasteiger partial charge in [0.1, 0.15) is 0 Å². The van der Waals surface area contributed by atoms with Crippen molar-refractivity contribution >= 4 is 8.25 Å². The molecule has 3 rings (SSSR count). The molecule has 1 aliphatic rings. The number of alkyl halides is 1. The van der Waals surface area contributed by atoms with Crippen LogP contribution in [0, 0.1) is 12.3 Å². The second-order valence-electron chi connectivity index (χ2n) is 6.05. The van der Waals surface area contributed by atoms with Gasteiger partial charge in [0, 0.05) is 16.8 Å². The molecule has 2 heterocycles. The van der Waals surface area contributed by atoms with Gasteiger partial charge in [0.2, 0.25) is 5.60 Å². The van der Waals surface area contributed by atoms with Crippen LogP contribution in [-0.2, 0) is 13.8 Å². The van der Waals surface area contributed by atoms with Crippen LogP contribution in [0.4, 0.5) is 4.39 Å². The van der Waals surface area contributed by atoms with Gasteiger partial charge in [-0.25, -0.2) is 13.7 Å². The molecular weight excluding hydrogens is 410 g/mol. The van der Waals surface area contributed by atoms with Crippen molar-refractivity contribution in [1.82, 2.24) is 9.55 Å². The molecule has 1 fully saturated rings. The number of nitrogens with zero attached hydrogens (tertiary/aromatic N) is 1. The molecule has 0 amide bonds. The van der Waals surface area contributed by atoms with Crippen molar-refractivity contribution in [3.05, 3.63) is 63.4 Å². The van der Waals surface area contributed by atoms with Crippen molar-refractivity contribution in [2.45, 2.75) is 23.8 Å². The van der Waals surface area contributed by atoms with Crippen molar-refractivity contribution in [2.75, 3.05) is 6.61 Å². The molecule has 1 aliphatic heterocycles. The Labute approximate surface area is 163 Å². The predicted octanol–water partition coefficient (Wildman–Crippen LogP) is 0.209. The molecule has 1 aromatic heterocycles. The van der Waals surface area contributed by atoms with Gasteiger partial charge >= 0.3 is 13.9 Å². The first-order valence-corrected chi connectivity index (χ1v) is 9.19. The van der Waals surface area contributed by atoms with E-state index in [1.165, 1.54) is 12.1 Å². The molecule has 10 nitrogen and oxygen atoms in total. The Hall–Kier alpha value is -2.87. The molecule has 152 valence electrons. The second-order valence-corrected chi connectivity index (χ2v) is 6.94. The highest BCUT2D eigenvalue weighted by molar-refractivity contribution is 7.33. The van der Waals surface area contributed by atoms with Crippen LogP contribution < -0.4 is 15.8 Å². The van der Waals surface area contributed by atoms with Gasteiger partial charge in [0.25, 0.3) is 11.4 Å². The Morgan fingerprint density at radius 2 is 2.03 bits per heavy atom. The zero-order valence-corrected chi connectivity index (χ0v) is 15.5. The van der Waals surface area contributed by atoms with Crippen molar-refractivity contribution in [1.29, 1.82) is 0 Å². The minimum atomic E-state index is -3.15. The molecule has 2 aromatic rings. The third-order valence-corrected chi connectivity index (χ3v) is 4.83. The summed E-state index contributed by atoms with van der Waals surface area (Å²) in [5.74, 6) is -1.17. The highest BCUT2D eigenvalue weighted by Crippen LogP contribution is 2.45. The molecule has 0 bridgehead atoms. The molecule has 12 heteroatoms. The first-order chi connectivity index (χ1) is 13.7. The van der Waals surface area contributed by atoms with Crippen molar-refractivity contribution in [3.8, 4) is 18.1 Å². The van der Waals surface area contributed by atoms with E-state index >= 15 is 4.39 Å². The summed E-state index contributed by atoms with van der Waals surface area (Å²) in [6.07, 6.45) is 1.84. The Morgan fingerprint density at radius 1 is 1.34 bits per heavy atom. The van der Waals surface area contributed by atoms with Crippen molar-refractivity contribution in [2.24, 2.45) is 0 Å². The summed E-state index contributed by atoms with van der Waals surface area (Å²) in [6, 6.07) is 8.79. The molecular formula is C17H15FN2O8P+. The number of aromatic nitrogens is 2. The van der Waals surface area contributed by atoms with E-state index < -0.39 is 49.9 Å². The lowest BCUT2D eigenvalue weighted by Gasteiger charge is -2.26. The zero-order valence-electron chi connectivity index (χ0n) is 14.6. The average molecular weight is 425 g/mol. The highest BCUT2D eigenvalue weighted by Gasteiger charge is 2.66. The number of halogens is 1. The number of nitrogens with one attached hydrogen (secondary N) is 1. The van der Waals surface area contributed by atoms with E-state index in [4.69, 9.17) is 20.2 Å². The largest absolute Gasteiger partial charge is 0.750 e. The summed E-state index contributed by atoms with van der Waals surface area (Å²) >= 11 is 0. The van der Waals surface area contributed by atoms with E-state index in [0.717, 1.165) is 12.3 Å². The smallest absolute Gasteiger partial charge is 0.383 e. The molecule has 1 unspecified atom stereocenters. The number of H-pyrrole nitrogens is 1. The lowest BCUT2D eigenvalue weighted by atomic mass is 9.94. The maximum absolute atomic E-state index is 15.2. The Kier molecular flexibility index (Phi) is 5.66. The molecule has 5 atom stereocenters. The van der Waals surface area contributed by atoms with Crippen molar-refractivity contribution < 1.29 is 33.0 Å². The summed E-state index contributed by atoms with van der Waals surface area (Å²) < 4.78 is 42.4. The molecule has 0 aliphatic carbocycles. The van der Waals surface area contributed by atoms with Crippen LogP contribution in [0.2, 0.25) is 0 Å². The third-order valence-electron chi connectivity index (χ3n) is 4.13. The summed E-state index contributed by atoms with van der Waals surface area (Å²) in [5, 5.41) is 20.8. The van der Waals surface area contributed by atoms with E-state index in [0.29, 0.717) is 4.57 Å². The monoisotopic (exact) mass is 425 g/mol. The molecule has 0 saturated carbocycles. The maximum atomic E-state index is 15.2. The first kappa shape index (κ1) is 20.9. The fraction of sp³-hybridized carbons (Fsp3) is 0.294. The average Bonchev–Trinajstić information content (AvgIpc) is 2.89. The number of aromatic amines is 1.